The van der Waals surface area contributed by atoms with Crippen LogP contribution in [0.15, 0.2) is 52.1 Å². The summed E-state index contributed by atoms with van der Waals surface area (Å²) in [7, 11) is -3.67. The maximum absolute atomic E-state index is 12.4. The smallest absolute Gasteiger partial charge is 0.250 e. The number of aryl methyl sites for hydroxylation is 1. The van der Waals surface area contributed by atoms with E-state index in [-0.39, 0.29) is 16.0 Å². The highest BCUT2D eigenvalue weighted by molar-refractivity contribution is 7.91. The molecule has 1 atom stereocenters. The molecule has 5 nitrogen and oxygen atoms in total. The van der Waals surface area contributed by atoms with E-state index in [2.05, 4.69) is 10.0 Å². The summed E-state index contributed by atoms with van der Waals surface area (Å²) < 4.78 is 27.4. The summed E-state index contributed by atoms with van der Waals surface area (Å²) in [5, 5.41) is 4.54. The minimum atomic E-state index is -3.67. The Morgan fingerprint density at radius 2 is 1.84 bits per heavy atom. The van der Waals surface area contributed by atoms with Gasteiger partial charge in [-0.3, -0.25) is 4.79 Å². The van der Waals surface area contributed by atoms with Gasteiger partial charge in [0.05, 0.1) is 0 Å². The summed E-state index contributed by atoms with van der Waals surface area (Å²) in [6.07, 6.45) is 1.67. The van der Waals surface area contributed by atoms with Gasteiger partial charge in [0.2, 0.25) is 5.91 Å². The number of nitrogens with one attached hydrogen (secondary N) is 2. The van der Waals surface area contributed by atoms with Crippen molar-refractivity contribution in [3.05, 3.63) is 53.4 Å². The molecular weight excluding hydrogens is 356 g/mol. The zero-order valence-corrected chi connectivity index (χ0v) is 16.1. The van der Waals surface area contributed by atoms with E-state index >= 15 is 0 Å². The Morgan fingerprint density at radius 1 is 1.12 bits per heavy atom. The zero-order valence-electron chi connectivity index (χ0n) is 14.4. The van der Waals surface area contributed by atoms with Gasteiger partial charge in [0.25, 0.3) is 10.0 Å². The molecule has 0 spiro atoms. The quantitative estimate of drug-likeness (QED) is 0.657. The molecule has 0 bridgehead atoms. The van der Waals surface area contributed by atoms with Crippen molar-refractivity contribution in [3.63, 3.8) is 0 Å². The Kier molecular flexibility index (Phi) is 7.16. The predicted octanol–water partition coefficient (Wildman–Crippen LogP) is 2.80. The van der Waals surface area contributed by atoms with Gasteiger partial charge in [-0.05, 0) is 35.8 Å². The first-order valence-corrected chi connectivity index (χ1v) is 10.6. The van der Waals surface area contributed by atoms with Gasteiger partial charge in [0, 0.05) is 6.54 Å². The second kappa shape index (κ2) is 9.12. The number of thiophene rings is 1. The lowest BCUT2D eigenvalue weighted by Crippen LogP contribution is -2.49. The van der Waals surface area contributed by atoms with E-state index in [0.717, 1.165) is 24.2 Å². The van der Waals surface area contributed by atoms with Crippen LogP contribution in [0.4, 0.5) is 0 Å². The molecule has 0 unspecified atom stereocenters. The van der Waals surface area contributed by atoms with Crippen LogP contribution in [0, 0.1) is 5.92 Å². The van der Waals surface area contributed by atoms with Gasteiger partial charge >= 0.3 is 0 Å². The van der Waals surface area contributed by atoms with Gasteiger partial charge < -0.3 is 5.32 Å². The molecular formula is C18H24N2O3S2. The van der Waals surface area contributed by atoms with Gasteiger partial charge in [-0.15, -0.1) is 11.3 Å². The van der Waals surface area contributed by atoms with Crippen molar-refractivity contribution in [2.75, 3.05) is 6.54 Å². The van der Waals surface area contributed by atoms with Crippen molar-refractivity contribution >= 4 is 27.3 Å². The molecule has 2 N–H and O–H groups in total. The molecule has 0 saturated carbocycles. The molecule has 136 valence electrons. The Hall–Kier alpha value is -1.70. The van der Waals surface area contributed by atoms with Gasteiger partial charge in [0.15, 0.2) is 0 Å². The number of hydrogen-bond acceptors (Lipinski definition) is 4. The van der Waals surface area contributed by atoms with E-state index in [1.807, 2.05) is 44.2 Å². The van der Waals surface area contributed by atoms with Crippen LogP contribution >= 0.6 is 11.3 Å². The van der Waals surface area contributed by atoms with Crippen molar-refractivity contribution in [2.24, 2.45) is 5.92 Å². The number of amides is 1. The Labute approximate surface area is 153 Å². The molecule has 0 saturated heterocycles. The van der Waals surface area contributed by atoms with Gasteiger partial charge in [-0.1, -0.05) is 50.2 Å². The zero-order chi connectivity index (χ0) is 18.3. The molecule has 1 heterocycles. The van der Waals surface area contributed by atoms with E-state index in [9.17, 15) is 13.2 Å². The first-order valence-electron chi connectivity index (χ1n) is 8.27. The molecule has 1 amide bonds. The Morgan fingerprint density at radius 3 is 2.44 bits per heavy atom. The molecule has 0 aliphatic rings. The van der Waals surface area contributed by atoms with Gasteiger partial charge in [-0.25, -0.2) is 8.42 Å². The van der Waals surface area contributed by atoms with E-state index in [1.54, 1.807) is 11.4 Å². The van der Waals surface area contributed by atoms with Crippen molar-refractivity contribution in [3.8, 4) is 0 Å². The normalized spacial score (nSPS) is 12.9. The van der Waals surface area contributed by atoms with Crippen LogP contribution in [0.2, 0.25) is 0 Å². The molecule has 25 heavy (non-hydrogen) atoms. The van der Waals surface area contributed by atoms with Crippen LogP contribution in [-0.2, 0) is 21.2 Å². The molecule has 7 heteroatoms. The van der Waals surface area contributed by atoms with E-state index in [0.29, 0.717) is 6.54 Å². The Bertz CT molecular complexity index is 757. The molecule has 2 rings (SSSR count). The molecule has 1 aromatic carbocycles. The second-order valence-electron chi connectivity index (χ2n) is 6.16. The number of rotatable bonds is 9. The van der Waals surface area contributed by atoms with Crippen LogP contribution in [0.3, 0.4) is 0 Å². The highest BCUT2D eigenvalue weighted by Crippen LogP contribution is 2.17. The number of benzene rings is 1. The average molecular weight is 381 g/mol. The first-order chi connectivity index (χ1) is 11.9. The molecule has 1 aromatic heterocycles. The largest absolute Gasteiger partial charge is 0.355 e. The number of carbonyl (C=O) groups excluding carboxylic acids is 1. The van der Waals surface area contributed by atoms with Gasteiger partial charge in [-0.2, -0.15) is 4.72 Å². The van der Waals surface area contributed by atoms with Crippen molar-refractivity contribution in [1.29, 1.82) is 0 Å². The second-order valence-corrected chi connectivity index (χ2v) is 9.04. The first kappa shape index (κ1) is 19.6. The standard InChI is InChI=1S/C18H24N2O3S2/c1-14(2)17(20-25(22,23)16-11-7-13-24-16)18(21)19-12-6-10-15-8-4-3-5-9-15/h3-5,7-9,11,13-14,17,20H,6,10,12H2,1-2H3,(H,19,21)/t17-/m1/s1. The van der Waals surface area contributed by atoms with Crippen LogP contribution in [0.5, 0.6) is 0 Å². The Balaban J connectivity index is 1.88. The molecule has 0 radical (unpaired) electrons. The molecule has 0 aliphatic heterocycles. The monoisotopic (exact) mass is 380 g/mol. The average Bonchev–Trinajstić information content (AvgIpc) is 3.13. The van der Waals surface area contributed by atoms with Crippen LogP contribution < -0.4 is 10.0 Å². The molecule has 0 aliphatic carbocycles. The van der Waals surface area contributed by atoms with Crippen molar-refractivity contribution in [2.45, 2.75) is 36.9 Å². The van der Waals surface area contributed by atoms with Crippen molar-refractivity contribution in [1.82, 2.24) is 10.0 Å². The third kappa shape index (κ3) is 5.95. The fourth-order valence-electron chi connectivity index (χ4n) is 2.39. The number of sulfonamides is 1. The predicted molar refractivity (Wildman–Crippen MR) is 101 cm³/mol. The van der Waals surface area contributed by atoms with Crippen LogP contribution in [0.1, 0.15) is 25.8 Å². The minimum Gasteiger partial charge on any atom is -0.355 e. The van der Waals surface area contributed by atoms with Gasteiger partial charge in [0.1, 0.15) is 10.3 Å². The lowest BCUT2D eigenvalue weighted by Gasteiger charge is -2.21. The fraction of sp³-hybridized carbons (Fsp3) is 0.389. The third-order valence-corrected chi connectivity index (χ3v) is 6.61. The third-order valence-electron chi connectivity index (χ3n) is 3.78. The summed E-state index contributed by atoms with van der Waals surface area (Å²) in [6, 6.07) is 12.5. The topological polar surface area (TPSA) is 75.3 Å². The van der Waals surface area contributed by atoms with Crippen LogP contribution in [-0.4, -0.2) is 26.9 Å². The molecule has 2 aromatic rings. The number of carbonyl (C=O) groups is 1. The summed E-state index contributed by atoms with van der Waals surface area (Å²) in [5.41, 5.74) is 1.22. The fourth-order valence-corrected chi connectivity index (χ4v) is 4.75. The van der Waals surface area contributed by atoms with E-state index < -0.39 is 16.1 Å². The highest BCUT2D eigenvalue weighted by Gasteiger charge is 2.28. The lowest BCUT2D eigenvalue weighted by atomic mass is 10.0. The SMILES string of the molecule is CC(C)[C@@H](NS(=O)(=O)c1cccs1)C(=O)NCCCc1ccccc1. The summed E-state index contributed by atoms with van der Waals surface area (Å²) in [6.45, 7) is 4.16. The maximum Gasteiger partial charge on any atom is 0.250 e. The lowest BCUT2D eigenvalue weighted by molar-refractivity contribution is -0.123. The van der Waals surface area contributed by atoms with Crippen LogP contribution in [0.25, 0.3) is 0 Å². The minimum absolute atomic E-state index is 0.149. The summed E-state index contributed by atoms with van der Waals surface area (Å²) in [5.74, 6) is -0.438. The van der Waals surface area contributed by atoms with E-state index in [4.69, 9.17) is 0 Å². The molecule has 0 fully saturated rings. The van der Waals surface area contributed by atoms with Crippen molar-refractivity contribution < 1.29 is 13.2 Å². The highest BCUT2D eigenvalue weighted by atomic mass is 32.2. The van der Waals surface area contributed by atoms with E-state index in [1.165, 1.54) is 11.6 Å². The summed E-state index contributed by atoms with van der Waals surface area (Å²) in [4.78, 5) is 12.4. The maximum atomic E-state index is 12.4. The number of hydrogen-bond donors (Lipinski definition) is 2. The summed E-state index contributed by atoms with van der Waals surface area (Å²) >= 11 is 1.13.